The third kappa shape index (κ3) is 7.58. The fourth-order valence-electron chi connectivity index (χ4n) is 3.90. The van der Waals surface area contributed by atoms with Crippen molar-refractivity contribution in [2.75, 3.05) is 18.1 Å². The van der Waals surface area contributed by atoms with Gasteiger partial charge in [-0.1, -0.05) is 69.1 Å². The molecular formula is C28H31NO7S2. The summed E-state index contributed by atoms with van der Waals surface area (Å²) in [5.74, 6) is -1.88. The van der Waals surface area contributed by atoms with Crippen LogP contribution >= 0.6 is 24.0 Å². The number of anilines is 1. The van der Waals surface area contributed by atoms with Crippen LogP contribution in [0.25, 0.3) is 6.08 Å². The Labute approximate surface area is 231 Å². The van der Waals surface area contributed by atoms with Crippen LogP contribution in [-0.4, -0.2) is 45.6 Å². The number of rotatable bonds is 14. The van der Waals surface area contributed by atoms with E-state index in [9.17, 15) is 24.6 Å². The monoisotopic (exact) mass is 557 g/mol. The molecule has 10 heteroatoms. The van der Waals surface area contributed by atoms with Gasteiger partial charge in [-0.2, -0.15) is 0 Å². The van der Waals surface area contributed by atoms with Crippen LogP contribution in [0.15, 0.2) is 41.3 Å². The Morgan fingerprint density at radius 1 is 0.921 bits per heavy atom. The Morgan fingerprint density at radius 2 is 1.58 bits per heavy atom. The molecule has 2 aromatic carbocycles. The minimum Gasteiger partial charge on any atom is -0.490 e. The minimum atomic E-state index is -1.31. The second kappa shape index (κ2) is 14.0. The quantitative estimate of drug-likeness (QED) is 0.150. The molecule has 8 nitrogen and oxygen atoms in total. The lowest BCUT2D eigenvalue weighted by molar-refractivity contribution is -0.113. The highest BCUT2D eigenvalue weighted by Crippen LogP contribution is 2.38. The number of carbonyl (C=O) groups excluding carboxylic acids is 1. The van der Waals surface area contributed by atoms with Gasteiger partial charge in [-0.3, -0.25) is 9.69 Å². The van der Waals surface area contributed by atoms with E-state index in [4.69, 9.17) is 21.7 Å². The zero-order valence-corrected chi connectivity index (χ0v) is 23.0. The van der Waals surface area contributed by atoms with Gasteiger partial charge in [0.25, 0.3) is 5.91 Å². The predicted octanol–water partition coefficient (Wildman–Crippen LogP) is 6.63. The molecule has 1 amide bonds. The van der Waals surface area contributed by atoms with Gasteiger partial charge in [0.2, 0.25) is 0 Å². The van der Waals surface area contributed by atoms with Crippen LogP contribution in [0.1, 0.15) is 78.7 Å². The van der Waals surface area contributed by atoms with E-state index in [0.29, 0.717) is 35.2 Å². The topological polar surface area (TPSA) is 113 Å². The van der Waals surface area contributed by atoms with Crippen molar-refractivity contribution in [2.24, 2.45) is 0 Å². The Kier molecular flexibility index (Phi) is 10.7. The van der Waals surface area contributed by atoms with Gasteiger partial charge in [0, 0.05) is 0 Å². The molecule has 1 saturated heterocycles. The van der Waals surface area contributed by atoms with Gasteiger partial charge in [0.1, 0.15) is 0 Å². The van der Waals surface area contributed by atoms with Crippen LogP contribution in [0.5, 0.6) is 11.5 Å². The van der Waals surface area contributed by atoms with Gasteiger partial charge >= 0.3 is 11.9 Å². The van der Waals surface area contributed by atoms with Crippen molar-refractivity contribution in [3.05, 3.63) is 58.0 Å². The molecule has 0 atom stereocenters. The van der Waals surface area contributed by atoms with E-state index in [1.54, 1.807) is 12.1 Å². The van der Waals surface area contributed by atoms with Crippen LogP contribution in [0.3, 0.4) is 0 Å². The lowest BCUT2D eigenvalue weighted by Gasteiger charge is -2.16. The summed E-state index contributed by atoms with van der Waals surface area (Å²) in [5.41, 5.74) is 0.277. The van der Waals surface area contributed by atoms with Gasteiger partial charge in [-0.05, 0) is 55.3 Å². The maximum Gasteiger partial charge on any atom is 0.335 e. The van der Waals surface area contributed by atoms with Crippen molar-refractivity contribution in [3.8, 4) is 11.5 Å². The predicted molar refractivity (Wildman–Crippen MR) is 152 cm³/mol. The lowest BCUT2D eigenvalue weighted by atomic mass is 10.1. The SMILES string of the molecule is CCCCCCCCOc1ccc(/C=C2/SC(=S)N(c3cc(C(=O)O)cc(C(=O)O)c3)C2=O)cc1OCC. The molecule has 38 heavy (non-hydrogen) atoms. The number of ether oxygens (including phenoxy) is 2. The molecule has 3 rings (SSSR count). The van der Waals surface area contributed by atoms with Gasteiger partial charge in [-0.25, -0.2) is 9.59 Å². The van der Waals surface area contributed by atoms with E-state index in [0.717, 1.165) is 35.6 Å². The van der Waals surface area contributed by atoms with Gasteiger partial charge in [0.05, 0.1) is 34.9 Å². The molecule has 0 saturated carbocycles. The van der Waals surface area contributed by atoms with Crippen LogP contribution in [0.2, 0.25) is 0 Å². The third-order valence-electron chi connectivity index (χ3n) is 5.78. The number of carbonyl (C=O) groups is 3. The Balaban J connectivity index is 1.78. The second-order valence-corrected chi connectivity index (χ2v) is 10.3. The molecule has 1 aliphatic heterocycles. The molecule has 0 aliphatic carbocycles. The summed E-state index contributed by atoms with van der Waals surface area (Å²) in [6.45, 7) is 5.12. The Bertz CT molecular complexity index is 1210. The number of hydrogen-bond acceptors (Lipinski definition) is 7. The van der Waals surface area contributed by atoms with E-state index in [1.165, 1.54) is 37.8 Å². The summed E-state index contributed by atoms with van der Waals surface area (Å²) in [6, 6.07) is 8.91. The van der Waals surface area contributed by atoms with Crippen LogP contribution in [0, 0.1) is 0 Å². The maximum atomic E-state index is 13.2. The van der Waals surface area contributed by atoms with Crippen molar-refractivity contribution in [1.29, 1.82) is 0 Å². The molecular weight excluding hydrogens is 526 g/mol. The molecule has 1 heterocycles. The number of carboxylic acid groups (broad SMARTS) is 2. The van der Waals surface area contributed by atoms with Gasteiger partial charge < -0.3 is 19.7 Å². The van der Waals surface area contributed by atoms with Gasteiger partial charge in [-0.15, -0.1) is 0 Å². The summed E-state index contributed by atoms with van der Waals surface area (Å²) >= 11 is 6.43. The molecule has 1 fully saturated rings. The number of aromatic carboxylic acids is 2. The second-order valence-electron chi connectivity index (χ2n) is 8.65. The largest absolute Gasteiger partial charge is 0.490 e. The van der Waals surface area contributed by atoms with E-state index >= 15 is 0 Å². The molecule has 0 unspecified atom stereocenters. The number of thiocarbonyl (C=S) groups is 1. The van der Waals surface area contributed by atoms with E-state index in [2.05, 4.69) is 6.92 Å². The van der Waals surface area contributed by atoms with Crippen LogP contribution < -0.4 is 14.4 Å². The standard InChI is InChI=1S/C28H31NO7S2/c1-3-5-6-7-8-9-12-36-22-11-10-18(13-23(22)35-4-2)14-24-25(30)29(28(37)38-24)21-16-19(26(31)32)15-20(17-21)27(33)34/h10-11,13-17H,3-9,12H2,1-2H3,(H,31,32)(H,33,34)/b24-14+. The van der Waals surface area contributed by atoms with Crippen molar-refractivity contribution < 1.29 is 34.1 Å². The smallest absolute Gasteiger partial charge is 0.335 e. The number of hydrogen-bond donors (Lipinski definition) is 2. The fraction of sp³-hybridized carbons (Fsp3) is 0.357. The zero-order chi connectivity index (χ0) is 27.7. The first-order valence-corrected chi connectivity index (χ1v) is 13.8. The highest BCUT2D eigenvalue weighted by Gasteiger charge is 2.34. The van der Waals surface area contributed by atoms with Crippen LogP contribution in [0.4, 0.5) is 5.69 Å². The fourth-order valence-corrected chi connectivity index (χ4v) is 5.19. The van der Waals surface area contributed by atoms with Crippen molar-refractivity contribution >= 4 is 57.9 Å². The number of benzene rings is 2. The minimum absolute atomic E-state index is 0.0849. The highest BCUT2D eigenvalue weighted by molar-refractivity contribution is 8.27. The first kappa shape index (κ1) is 29.2. The summed E-state index contributed by atoms with van der Waals surface area (Å²) in [7, 11) is 0. The van der Waals surface area contributed by atoms with Crippen LogP contribution in [-0.2, 0) is 4.79 Å². The number of carboxylic acids is 2. The average molecular weight is 558 g/mol. The van der Waals surface area contributed by atoms with E-state index < -0.39 is 17.8 Å². The number of unbranched alkanes of at least 4 members (excludes halogenated alkanes) is 5. The molecule has 2 aromatic rings. The summed E-state index contributed by atoms with van der Waals surface area (Å²) < 4.78 is 11.9. The molecule has 0 aromatic heterocycles. The zero-order valence-electron chi connectivity index (χ0n) is 21.4. The normalized spacial score (nSPS) is 14.3. The summed E-state index contributed by atoms with van der Waals surface area (Å²) in [6.07, 6.45) is 8.66. The molecule has 0 bridgehead atoms. The van der Waals surface area contributed by atoms with Crippen molar-refractivity contribution in [1.82, 2.24) is 0 Å². The first-order chi connectivity index (χ1) is 18.2. The maximum absolute atomic E-state index is 13.2. The molecule has 2 N–H and O–H groups in total. The first-order valence-electron chi connectivity index (χ1n) is 12.5. The number of nitrogens with zero attached hydrogens (tertiary/aromatic N) is 1. The van der Waals surface area contributed by atoms with E-state index in [-0.39, 0.29) is 21.1 Å². The molecule has 202 valence electrons. The van der Waals surface area contributed by atoms with Crippen molar-refractivity contribution in [3.63, 3.8) is 0 Å². The average Bonchev–Trinajstić information content (AvgIpc) is 3.16. The summed E-state index contributed by atoms with van der Waals surface area (Å²) in [5, 5.41) is 18.7. The van der Waals surface area contributed by atoms with Crippen molar-refractivity contribution in [2.45, 2.75) is 52.4 Å². The summed E-state index contributed by atoms with van der Waals surface area (Å²) in [4.78, 5) is 37.7. The third-order valence-corrected chi connectivity index (χ3v) is 7.09. The number of thioether (sulfide) groups is 1. The number of amides is 1. The Hall–Kier alpha value is -3.37. The van der Waals surface area contributed by atoms with Gasteiger partial charge in [0.15, 0.2) is 15.8 Å². The highest BCUT2D eigenvalue weighted by atomic mass is 32.2. The Morgan fingerprint density at radius 3 is 2.21 bits per heavy atom. The van der Waals surface area contributed by atoms with E-state index in [1.807, 2.05) is 19.1 Å². The molecule has 0 spiro atoms. The molecule has 1 aliphatic rings. The molecule has 0 radical (unpaired) electrons. The lowest BCUT2D eigenvalue weighted by Crippen LogP contribution is -2.28.